The molecule has 0 saturated carbocycles. The Morgan fingerprint density at radius 2 is 0.361 bits per heavy atom. The molecule has 0 aliphatic rings. The zero-order chi connectivity index (χ0) is 90.6. The van der Waals surface area contributed by atoms with Crippen LogP contribution >= 0.6 is 0 Å². The molecule has 37 nitrogen and oxygen atoms in total. The number of amides is 14. The fourth-order valence-electron chi connectivity index (χ4n) is 13.3. The summed E-state index contributed by atoms with van der Waals surface area (Å²) < 4.78 is 0. The molecule has 0 aromatic carbocycles. The van der Waals surface area contributed by atoms with Crippen molar-refractivity contribution >= 4 is 88.7 Å². The van der Waals surface area contributed by atoms with Gasteiger partial charge in [0.25, 0.3) is 0 Å². The third-order valence-electron chi connectivity index (χ3n) is 19.6. The van der Waals surface area contributed by atoms with Crippen molar-refractivity contribution in [2.24, 2.45) is 87.3 Å². The highest BCUT2D eigenvalue weighted by Crippen LogP contribution is 2.18. The fraction of sp³-hybridized carbons (Fsp3) is 0.817. The lowest BCUT2D eigenvalue weighted by Gasteiger charge is -2.30. The number of carboxylic acid groups (broad SMARTS) is 1. The largest absolute Gasteiger partial charge is 0.481 e. The Bertz CT molecular complexity index is 3080. The number of carbonyl (C=O) groups is 15. The minimum absolute atomic E-state index is 0.0164. The van der Waals surface area contributed by atoms with E-state index in [0.717, 1.165) is 0 Å². The minimum Gasteiger partial charge on any atom is -0.481 e. The first-order valence-electron chi connectivity index (χ1n) is 43.4. The van der Waals surface area contributed by atoms with E-state index in [9.17, 15) is 77.0 Å². The smallest absolute Gasteiger partial charge is 0.305 e. The fourth-order valence-corrected chi connectivity index (χ4v) is 13.3. The van der Waals surface area contributed by atoms with Crippen molar-refractivity contribution in [3.05, 3.63) is 0 Å². The van der Waals surface area contributed by atoms with Gasteiger partial charge in [-0.05, 0) is 241 Å². The third-order valence-corrected chi connectivity index (χ3v) is 19.6. The Morgan fingerprint density at radius 1 is 0.218 bits per heavy atom. The highest BCUT2D eigenvalue weighted by Gasteiger charge is 2.39. The van der Waals surface area contributed by atoms with Crippen molar-refractivity contribution in [2.45, 2.75) is 348 Å². The molecule has 30 N–H and O–H groups in total. The van der Waals surface area contributed by atoms with Gasteiger partial charge in [0.05, 0.1) is 12.5 Å². The van der Waals surface area contributed by atoms with Crippen LogP contribution in [0.2, 0.25) is 0 Å². The molecular formula is C82H157N21O16. The molecule has 0 unspecified atom stereocenters. The van der Waals surface area contributed by atoms with Crippen LogP contribution in [0.4, 0.5) is 0 Å². The average molecular weight is 1690 g/mol. The molecule has 0 spiro atoms. The van der Waals surface area contributed by atoms with Crippen LogP contribution in [-0.2, 0) is 71.9 Å². The summed E-state index contributed by atoms with van der Waals surface area (Å²) in [5.74, 6) is -13.3. The van der Waals surface area contributed by atoms with E-state index in [1.54, 1.807) is 27.7 Å². The summed E-state index contributed by atoms with van der Waals surface area (Å²) in [6.45, 7) is 27.2. The number of hydrogen-bond acceptors (Lipinski definition) is 22. The van der Waals surface area contributed by atoms with Crippen molar-refractivity contribution in [3.63, 3.8) is 0 Å². The first-order valence-corrected chi connectivity index (χ1v) is 43.4. The molecule has 0 bridgehead atoms. The third kappa shape index (κ3) is 48.7. The first kappa shape index (κ1) is 111. The molecule has 0 rings (SSSR count). The lowest BCUT2D eigenvalue weighted by atomic mass is 9.98. The molecule has 119 heavy (non-hydrogen) atoms. The summed E-state index contributed by atoms with van der Waals surface area (Å²) in [4.78, 5) is 211. The summed E-state index contributed by atoms with van der Waals surface area (Å²) in [5.41, 5.74) is 46.9. The number of hydrogen-bond donors (Lipinski definition) is 22. The number of aliphatic carboxylic acids is 1. The number of nitrogens with one attached hydrogen (secondary N) is 13. The van der Waals surface area contributed by atoms with E-state index in [0.29, 0.717) is 90.0 Å². The number of carbonyl (C=O) groups excluding carboxylic acids is 14. The van der Waals surface area contributed by atoms with Gasteiger partial charge in [0.2, 0.25) is 82.7 Å². The topological polar surface area (TPSA) is 641 Å². The highest BCUT2D eigenvalue weighted by atomic mass is 16.4. The zero-order valence-electron chi connectivity index (χ0n) is 73.9. The van der Waals surface area contributed by atoms with Crippen molar-refractivity contribution in [2.75, 3.05) is 39.3 Å². The van der Waals surface area contributed by atoms with Crippen LogP contribution in [-0.4, -0.2) is 218 Å². The Labute approximate surface area is 706 Å². The van der Waals surface area contributed by atoms with Crippen LogP contribution in [0.1, 0.15) is 264 Å². The first-order chi connectivity index (χ1) is 56.0. The van der Waals surface area contributed by atoms with Gasteiger partial charge in [-0.3, -0.25) is 71.9 Å². The molecule has 14 atom stereocenters. The Kier molecular flexibility index (Phi) is 57.7. The second-order valence-electron chi connectivity index (χ2n) is 34.5. The van der Waals surface area contributed by atoms with Crippen LogP contribution in [0.15, 0.2) is 0 Å². The van der Waals surface area contributed by atoms with Crippen molar-refractivity contribution < 1.29 is 77.0 Å². The number of nitrogens with two attached hydrogens (primary N) is 8. The summed E-state index contributed by atoms with van der Waals surface area (Å²) in [6.07, 6.45) is 5.11. The van der Waals surface area contributed by atoms with Crippen molar-refractivity contribution in [1.82, 2.24) is 69.1 Å². The molecular weight excluding hydrogens is 1540 g/mol. The molecule has 686 valence electrons. The molecule has 0 aliphatic heterocycles. The van der Waals surface area contributed by atoms with Crippen LogP contribution < -0.4 is 115 Å². The Morgan fingerprint density at radius 3 is 0.504 bits per heavy atom. The molecule has 14 amide bonds. The average Bonchev–Trinajstić information content (AvgIpc) is 0.854. The van der Waals surface area contributed by atoms with Gasteiger partial charge in [0.15, 0.2) is 0 Å². The molecule has 0 heterocycles. The minimum atomic E-state index is -1.60. The van der Waals surface area contributed by atoms with E-state index in [4.69, 9.17) is 45.9 Å². The lowest BCUT2D eigenvalue weighted by molar-refractivity contribution is -0.140. The monoisotopic (exact) mass is 1690 g/mol. The summed E-state index contributed by atoms with van der Waals surface area (Å²) in [5, 5.41) is 45.2. The van der Waals surface area contributed by atoms with Crippen LogP contribution in [0.25, 0.3) is 0 Å². The Balaban J connectivity index is 7.41. The maximum Gasteiger partial charge on any atom is 0.305 e. The van der Waals surface area contributed by atoms with E-state index in [2.05, 4.69) is 69.1 Å². The van der Waals surface area contributed by atoms with E-state index >= 15 is 0 Å². The van der Waals surface area contributed by atoms with Crippen molar-refractivity contribution in [3.8, 4) is 0 Å². The molecule has 37 heteroatoms. The second kappa shape index (κ2) is 62.0. The van der Waals surface area contributed by atoms with E-state index in [1.165, 1.54) is 0 Å². The van der Waals surface area contributed by atoms with Crippen LogP contribution in [0.5, 0.6) is 0 Å². The maximum atomic E-state index is 14.9. The van der Waals surface area contributed by atoms with E-state index in [1.807, 2.05) is 69.2 Å². The van der Waals surface area contributed by atoms with Crippen LogP contribution in [0, 0.1) is 41.4 Å². The predicted molar refractivity (Wildman–Crippen MR) is 458 cm³/mol. The number of carboxylic acids is 1. The number of primary amides is 1. The normalized spacial score (nSPS) is 15.1. The Hall–Kier alpha value is -8.23. The molecule has 0 fully saturated rings. The second-order valence-corrected chi connectivity index (χ2v) is 34.5. The maximum absolute atomic E-state index is 14.9. The van der Waals surface area contributed by atoms with Gasteiger partial charge in [-0.1, -0.05) is 96.9 Å². The van der Waals surface area contributed by atoms with Gasteiger partial charge < -0.3 is 120 Å². The number of unbranched alkanes of at least 4 members (excludes halogenated alkanes) is 6. The zero-order valence-corrected chi connectivity index (χ0v) is 73.9. The van der Waals surface area contributed by atoms with Gasteiger partial charge in [-0.2, -0.15) is 0 Å². The SMILES string of the molecule is CC(C)C[C@H](NC(=O)[C@H](CCCCN)NC(=O)[C@H](CCCCN)NC(=O)[C@H](CC(C)C)NC(=O)[C@H](CC(C)C)NC(=O)[C@H](CCCCN)NC(=O)[C@H](CCCCN)NC(=O)[C@H](CC(C)C)NC(=O)[C@H](CC(C)C)NC(=O)[C@H](CCCCN)NC(=O)[C@H](CCCCN)NC(=O)[C@H](CC(C)C)NC(=O)[C@@H](N)CC(C)C)C(=O)N[C@@H](CC(=O)O)C(N)=O. The van der Waals surface area contributed by atoms with Crippen LogP contribution in [0.3, 0.4) is 0 Å². The molecule has 0 aliphatic carbocycles. The highest BCUT2D eigenvalue weighted by molar-refractivity contribution is 6.00. The summed E-state index contributed by atoms with van der Waals surface area (Å²) in [6, 6.07) is -17.7. The van der Waals surface area contributed by atoms with E-state index in [-0.39, 0.29) is 151 Å². The van der Waals surface area contributed by atoms with Gasteiger partial charge in [0, 0.05) is 0 Å². The molecule has 0 radical (unpaired) electrons. The van der Waals surface area contributed by atoms with Gasteiger partial charge in [-0.15, -0.1) is 0 Å². The predicted octanol–water partition coefficient (Wildman–Crippen LogP) is -0.327. The van der Waals surface area contributed by atoms with E-state index < -0.39 is 180 Å². The summed E-state index contributed by atoms with van der Waals surface area (Å²) in [7, 11) is 0. The molecule has 0 saturated heterocycles. The molecule has 0 aromatic heterocycles. The van der Waals surface area contributed by atoms with Crippen molar-refractivity contribution in [1.29, 1.82) is 0 Å². The van der Waals surface area contributed by atoms with Gasteiger partial charge in [-0.25, -0.2) is 0 Å². The standard InChI is InChI=1S/C82H157N21O16/c1-47(2)39-54(89)70(107)98-62(40-48(3)4)77(114)94-55(27-15-21-33-83)71(108)92-59(31-19-25-37-87)75(112)100-66(44-52(11)12)81(118)103-64(42-50(7)8)79(116)96-57(29-17-23-35-85)73(110)93-60(32-20-26-38-88)76(113)101-67(45-53(13)14)82(119)102-63(41-49(5)6)78(115)95-56(28-16-22-34-84)72(109)91-58(30-18-24-36-86)74(111)99-65(43-51(9)10)80(117)97-61(69(90)106)46-68(104)105/h47-67H,15-46,83-89H2,1-14H3,(H2,90,106)(H,91,109)(H,92,108)(H,93,110)(H,94,114)(H,95,115)(H,96,116)(H,97,117)(H,98,107)(H,99,111)(H,100,112)(H,101,113)(H,102,119)(H,103,118)(H,104,105)/t54-,55-,56-,57-,58-,59-,60-,61-,62-,63-,64-,65-,66-,67-/m0/s1. The lowest BCUT2D eigenvalue weighted by Crippen LogP contribution is -2.61. The van der Waals surface area contributed by atoms with Gasteiger partial charge >= 0.3 is 5.97 Å². The number of rotatable bonds is 67. The van der Waals surface area contributed by atoms with Gasteiger partial charge in [0.1, 0.15) is 78.5 Å². The summed E-state index contributed by atoms with van der Waals surface area (Å²) >= 11 is 0. The quantitative estimate of drug-likeness (QED) is 0.0347. The molecule has 0 aromatic rings.